The molecule has 1 heterocycles. The molecule has 1 atom stereocenters. The Morgan fingerprint density at radius 3 is 2.37 bits per heavy atom. The summed E-state index contributed by atoms with van der Waals surface area (Å²) in [5.74, 6) is 2.48. The van der Waals surface area contributed by atoms with E-state index >= 15 is 0 Å². The topological polar surface area (TPSA) is 38.8 Å². The van der Waals surface area contributed by atoms with Gasteiger partial charge in [-0.3, -0.25) is 4.79 Å². The minimum absolute atomic E-state index is 0.0266. The molecule has 4 nitrogen and oxygen atoms in total. The van der Waals surface area contributed by atoms with E-state index in [2.05, 4.69) is 19.1 Å². The third kappa shape index (κ3) is 4.59. The van der Waals surface area contributed by atoms with Crippen LogP contribution >= 0.6 is 11.8 Å². The van der Waals surface area contributed by atoms with Crippen LogP contribution in [0.3, 0.4) is 0 Å². The van der Waals surface area contributed by atoms with Crippen LogP contribution in [0.5, 0.6) is 11.5 Å². The van der Waals surface area contributed by atoms with E-state index in [1.54, 1.807) is 26.0 Å². The highest BCUT2D eigenvalue weighted by molar-refractivity contribution is 7.99. The van der Waals surface area contributed by atoms with E-state index in [4.69, 9.17) is 9.47 Å². The number of rotatable bonds is 7. The lowest BCUT2D eigenvalue weighted by atomic mass is 10.1. The van der Waals surface area contributed by atoms with Crippen molar-refractivity contribution in [3.63, 3.8) is 0 Å². The van der Waals surface area contributed by atoms with Gasteiger partial charge in [0.25, 0.3) is 5.91 Å². The first-order chi connectivity index (χ1) is 13.2. The SMILES string of the molecule is CCCCc1ccc(C(=O)N2CCSC2c2cc(OC)cc(OC)c2)cc1. The van der Waals surface area contributed by atoms with Crippen molar-refractivity contribution in [2.24, 2.45) is 0 Å². The molecule has 2 aromatic rings. The first-order valence-corrected chi connectivity index (χ1v) is 10.5. The maximum atomic E-state index is 13.1. The van der Waals surface area contributed by atoms with Crippen LogP contribution < -0.4 is 9.47 Å². The number of methoxy groups -OCH3 is 2. The standard InChI is InChI=1S/C22H27NO3S/c1-4-5-6-16-7-9-17(10-8-16)21(24)23-11-12-27-22(23)18-13-19(25-2)15-20(14-18)26-3/h7-10,13-15,22H,4-6,11-12H2,1-3H3. The van der Waals surface area contributed by atoms with Crippen LogP contribution in [-0.4, -0.2) is 37.3 Å². The van der Waals surface area contributed by atoms with E-state index in [0.717, 1.165) is 41.3 Å². The Kier molecular flexibility index (Phi) is 6.67. The van der Waals surface area contributed by atoms with Gasteiger partial charge in [-0.2, -0.15) is 0 Å². The Bertz CT molecular complexity index is 753. The third-order valence-electron chi connectivity index (χ3n) is 4.83. The number of thioether (sulfide) groups is 1. The van der Waals surface area contributed by atoms with Gasteiger partial charge < -0.3 is 14.4 Å². The molecule has 0 N–H and O–H groups in total. The van der Waals surface area contributed by atoms with Crippen LogP contribution in [0.15, 0.2) is 42.5 Å². The minimum Gasteiger partial charge on any atom is -0.497 e. The molecule has 0 bridgehead atoms. The maximum Gasteiger partial charge on any atom is 0.255 e. The molecule has 1 fully saturated rings. The van der Waals surface area contributed by atoms with E-state index in [0.29, 0.717) is 0 Å². The molecule has 1 aliphatic rings. The molecule has 2 aromatic carbocycles. The van der Waals surface area contributed by atoms with Gasteiger partial charge >= 0.3 is 0 Å². The smallest absolute Gasteiger partial charge is 0.255 e. The van der Waals surface area contributed by atoms with Crippen LogP contribution in [0.4, 0.5) is 0 Å². The third-order valence-corrected chi connectivity index (χ3v) is 6.09. The Morgan fingerprint density at radius 1 is 1.11 bits per heavy atom. The first kappa shape index (κ1) is 19.6. The summed E-state index contributed by atoms with van der Waals surface area (Å²) in [4.78, 5) is 15.1. The van der Waals surface area contributed by atoms with Crippen molar-refractivity contribution in [1.29, 1.82) is 0 Å². The number of hydrogen-bond acceptors (Lipinski definition) is 4. The largest absolute Gasteiger partial charge is 0.497 e. The lowest BCUT2D eigenvalue weighted by Gasteiger charge is -2.25. The number of hydrogen-bond donors (Lipinski definition) is 0. The number of carbonyl (C=O) groups is 1. The van der Waals surface area contributed by atoms with Crippen molar-refractivity contribution in [2.45, 2.75) is 31.6 Å². The fourth-order valence-electron chi connectivity index (χ4n) is 3.29. The molecule has 1 aliphatic heterocycles. The molecule has 0 saturated carbocycles. The van der Waals surface area contributed by atoms with Gasteiger partial charge in [-0.05, 0) is 48.2 Å². The number of amides is 1. The number of aryl methyl sites for hydroxylation is 1. The summed E-state index contributed by atoms with van der Waals surface area (Å²) in [6.45, 7) is 2.93. The van der Waals surface area contributed by atoms with Crippen molar-refractivity contribution < 1.29 is 14.3 Å². The van der Waals surface area contributed by atoms with Crippen LogP contribution in [-0.2, 0) is 6.42 Å². The second-order valence-corrected chi connectivity index (χ2v) is 7.86. The quantitative estimate of drug-likeness (QED) is 0.677. The molecule has 3 rings (SSSR count). The molecular weight excluding hydrogens is 358 g/mol. The van der Waals surface area contributed by atoms with E-state index in [-0.39, 0.29) is 11.3 Å². The number of carbonyl (C=O) groups excluding carboxylic acids is 1. The molecule has 0 radical (unpaired) electrons. The molecule has 1 unspecified atom stereocenters. The normalized spacial score (nSPS) is 16.4. The number of nitrogens with zero attached hydrogens (tertiary/aromatic N) is 1. The van der Waals surface area contributed by atoms with E-state index < -0.39 is 0 Å². The Hall–Kier alpha value is -2.14. The molecule has 144 valence electrons. The summed E-state index contributed by atoms with van der Waals surface area (Å²) >= 11 is 1.77. The van der Waals surface area contributed by atoms with Gasteiger partial charge in [0, 0.05) is 23.9 Å². The Balaban J connectivity index is 1.80. The van der Waals surface area contributed by atoms with Crippen LogP contribution in [0.1, 0.15) is 46.6 Å². The molecule has 27 heavy (non-hydrogen) atoms. The van der Waals surface area contributed by atoms with Crippen molar-refractivity contribution in [3.05, 3.63) is 59.2 Å². The van der Waals surface area contributed by atoms with Crippen LogP contribution in [0.25, 0.3) is 0 Å². The maximum absolute atomic E-state index is 13.1. The molecule has 1 saturated heterocycles. The summed E-state index contributed by atoms with van der Waals surface area (Å²) in [5, 5.41) is -0.0266. The first-order valence-electron chi connectivity index (χ1n) is 9.40. The van der Waals surface area contributed by atoms with Gasteiger partial charge in [0.2, 0.25) is 0 Å². The zero-order valence-corrected chi connectivity index (χ0v) is 17.1. The lowest BCUT2D eigenvalue weighted by Crippen LogP contribution is -2.30. The highest BCUT2D eigenvalue weighted by Gasteiger charge is 2.32. The van der Waals surface area contributed by atoms with Crippen molar-refractivity contribution >= 4 is 17.7 Å². The summed E-state index contributed by atoms with van der Waals surface area (Å²) in [7, 11) is 3.28. The summed E-state index contributed by atoms with van der Waals surface area (Å²) in [6, 6.07) is 13.9. The molecule has 0 aliphatic carbocycles. The minimum atomic E-state index is -0.0266. The van der Waals surface area contributed by atoms with Gasteiger partial charge in [0.05, 0.1) is 14.2 Å². The zero-order chi connectivity index (χ0) is 19.2. The molecule has 1 amide bonds. The molecule has 5 heteroatoms. The van der Waals surface area contributed by atoms with E-state index in [1.165, 1.54) is 18.4 Å². The predicted molar refractivity (Wildman–Crippen MR) is 111 cm³/mol. The Labute approximate surface area is 165 Å². The lowest BCUT2D eigenvalue weighted by molar-refractivity contribution is 0.0760. The highest BCUT2D eigenvalue weighted by Crippen LogP contribution is 2.41. The van der Waals surface area contributed by atoms with Crippen molar-refractivity contribution in [1.82, 2.24) is 4.90 Å². The van der Waals surface area contributed by atoms with E-state index in [9.17, 15) is 4.79 Å². The predicted octanol–water partition coefficient (Wildman–Crippen LogP) is 4.93. The number of ether oxygens (including phenoxy) is 2. The fraction of sp³-hybridized carbons (Fsp3) is 0.409. The summed E-state index contributed by atoms with van der Waals surface area (Å²) in [5.41, 5.74) is 3.07. The Morgan fingerprint density at radius 2 is 1.78 bits per heavy atom. The molecule has 0 spiro atoms. The second kappa shape index (κ2) is 9.18. The van der Waals surface area contributed by atoms with E-state index in [1.807, 2.05) is 35.2 Å². The van der Waals surface area contributed by atoms with Gasteiger partial charge in [0.1, 0.15) is 16.9 Å². The number of unbranched alkanes of at least 4 members (excludes halogenated alkanes) is 1. The van der Waals surface area contributed by atoms with Crippen molar-refractivity contribution in [3.8, 4) is 11.5 Å². The second-order valence-electron chi connectivity index (χ2n) is 6.67. The number of benzene rings is 2. The average molecular weight is 386 g/mol. The molecular formula is C22H27NO3S. The van der Waals surface area contributed by atoms with Gasteiger partial charge in [-0.25, -0.2) is 0 Å². The summed E-state index contributed by atoms with van der Waals surface area (Å²) in [6.07, 6.45) is 3.42. The fourth-order valence-corrected chi connectivity index (χ4v) is 4.52. The van der Waals surface area contributed by atoms with Gasteiger partial charge in [-0.1, -0.05) is 25.5 Å². The monoisotopic (exact) mass is 385 g/mol. The van der Waals surface area contributed by atoms with Gasteiger partial charge in [0.15, 0.2) is 0 Å². The molecule has 0 aromatic heterocycles. The van der Waals surface area contributed by atoms with Crippen molar-refractivity contribution in [2.75, 3.05) is 26.5 Å². The van der Waals surface area contributed by atoms with Crippen LogP contribution in [0, 0.1) is 0 Å². The summed E-state index contributed by atoms with van der Waals surface area (Å²) < 4.78 is 10.8. The van der Waals surface area contributed by atoms with Crippen LogP contribution in [0.2, 0.25) is 0 Å². The zero-order valence-electron chi connectivity index (χ0n) is 16.2. The van der Waals surface area contributed by atoms with Gasteiger partial charge in [-0.15, -0.1) is 11.8 Å². The average Bonchev–Trinajstić information content (AvgIpc) is 3.21. The highest BCUT2D eigenvalue weighted by atomic mass is 32.2.